The number of nitrogens with two attached hydrogens (primary N) is 1. The number of carbonyl (C=O) groups is 1. The van der Waals surface area contributed by atoms with Crippen LogP contribution in [0.25, 0.3) is 0 Å². The molecular weight excluding hydrogens is 332 g/mol. The lowest BCUT2D eigenvalue weighted by Gasteiger charge is -2.12. The third-order valence-electron chi connectivity index (χ3n) is 3.29. The maximum atomic E-state index is 12.5. The van der Waals surface area contributed by atoms with E-state index in [4.69, 9.17) is 5.73 Å². The van der Waals surface area contributed by atoms with E-state index in [0.717, 1.165) is 22.2 Å². The lowest BCUT2D eigenvalue weighted by Crippen LogP contribution is -2.18. The van der Waals surface area contributed by atoms with Crippen molar-refractivity contribution in [1.29, 1.82) is 0 Å². The SMILES string of the molecule is CCc1cc(C(=O)Nc2c(C)cc(Br)cc2N)n(CC)n1. The number of rotatable bonds is 4. The summed E-state index contributed by atoms with van der Waals surface area (Å²) in [6.45, 7) is 6.53. The minimum Gasteiger partial charge on any atom is -0.397 e. The number of amides is 1. The van der Waals surface area contributed by atoms with Crippen molar-refractivity contribution in [1.82, 2.24) is 9.78 Å². The van der Waals surface area contributed by atoms with Gasteiger partial charge in [-0.1, -0.05) is 22.9 Å². The molecule has 1 aromatic carbocycles. The number of nitrogens with zero attached hydrogens (tertiary/aromatic N) is 2. The van der Waals surface area contributed by atoms with E-state index in [-0.39, 0.29) is 5.91 Å². The second kappa shape index (κ2) is 6.30. The number of hydrogen-bond acceptors (Lipinski definition) is 3. The molecule has 0 aliphatic heterocycles. The number of aromatic nitrogens is 2. The van der Waals surface area contributed by atoms with Crippen LogP contribution in [0.4, 0.5) is 11.4 Å². The molecule has 5 nitrogen and oxygen atoms in total. The minimum atomic E-state index is -0.193. The summed E-state index contributed by atoms with van der Waals surface area (Å²) in [6.07, 6.45) is 0.798. The first kappa shape index (κ1) is 15.6. The molecule has 0 aliphatic rings. The Balaban J connectivity index is 2.32. The van der Waals surface area contributed by atoms with Crippen LogP contribution in [-0.2, 0) is 13.0 Å². The van der Waals surface area contributed by atoms with Crippen LogP contribution in [0.5, 0.6) is 0 Å². The Bertz CT molecular complexity index is 655. The molecule has 0 fully saturated rings. The van der Waals surface area contributed by atoms with E-state index in [0.29, 0.717) is 23.6 Å². The van der Waals surface area contributed by atoms with E-state index in [1.54, 1.807) is 10.7 Å². The first-order chi connectivity index (χ1) is 9.96. The van der Waals surface area contributed by atoms with Crippen molar-refractivity contribution in [2.24, 2.45) is 0 Å². The Labute approximate surface area is 132 Å². The lowest BCUT2D eigenvalue weighted by atomic mass is 10.1. The number of halogens is 1. The summed E-state index contributed by atoms with van der Waals surface area (Å²) in [5.41, 5.74) is 9.53. The maximum absolute atomic E-state index is 12.5. The van der Waals surface area contributed by atoms with Crippen LogP contribution in [0.2, 0.25) is 0 Å². The Kier molecular flexibility index (Phi) is 4.67. The fraction of sp³-hybridized carbons (Fsp3) is 0.333. The van der Waals surface area contributed by atoms with Crippen molar-refractivity contribution in [2.75, 3.05) is 11.1 Å². The number of carbonyl (C=O) groups excluding carboxylic acids is 1. The highest BCUT2D eigenvalue weighted by Gasteiger charge is 2.16. The van der Waals surface area contributed by atoms with Crippen LogP contribution in [0.3, 0.4) is 0 Å². The van der Waals surface area contributed by atoms with Crippen molar-refractivity contribution >= 4 is 33.2 Å². The molecule has 0 unspecified atom stereocenters. The molecule has 2 rings (SSSR count). The first-order valence-electron chi connectivity index (χ1n) is 6.90. The third-order valence-corrected chi connectivity index (χ3v) is 3.75. The normalized spacial score (nSPS) is 10.7. The van der Waals surface area contributed by atoms with Gasteiger partial charge in [0.1, 0.15) is 5.69 Å². The van der Waals surface area contributed by atoms with Gasteiger partial charge in [-0.25, -0.2) is 0 Å². The molecule has 1 heterocycles. The highest BCUT2D eigenvalue weighted by molar-refractivity contribution is 9.10. The third kappa shape index (κ3) is 3.26. The number of aryl methyl sites for hydroxylation is 3. The fourth-order valence-electron chi connectivity index (χ4n) is 2.18. The summed E-state index contributed by atoms with van der Waals surface area (Å²) in [7, 11) is 0. The summed E-state index contributed by atoms with van der Waals surface area (Å²) in [4.78, 5) is 12.5. The van der Waals surface area contributed by atoms with Gasteiger partial charge < -0.3 is 11.1 Å². The van der Waals surface area contributed by atoms with Crippen LogP contribution >= 0.6 is 15.9 Å². The molecule has 0 bridgehead atoms. The Morgan fingerprint density at radius 1 is 1.38 bits per heavy atom. The summed E-state index contributed by atoms with van der Waals surface area (Å²) < 4.78 is 2.60. The average molecular weight is 351 g/mol. The maximum Gasteiger partial charge on any atom is 0.274 e. The number of hydrogen-bond donors (Lipinski definition) is 2. The molecule has 0 saturated carbocycles. The van der Waals surface area contributed by atoms with Gasteiger partial charge in [0.15, 0.2) is 0 Å². The van der Waals surface area contributed by atoms with Crippen LogP contribution < -0.4 is 11.1 Å². The van der Waals surface area contributed by atoms with Gasteiger partial charge in [-0.2, -0.15) is 5.10 Å². The Morgan fingerprint density at radius 3 is 2.67 bits per heavy atom. The molecule has 0 aliphatic carbocycles. The van der Waals surface area contributed by atoms with Crippen LogP contribution in [-0.4, -0.2) is 15.7 Å². The molecule has 3 N–H and O–H groups in total. The zero-order chi connectivity index (χ0) is 15.6. The summed E-state index contributed by atoms with van der Waals surface area (Å²) in [5.74, 6) is -0.193. The van der Waals surface area contributed by atoms with Gasteiger partial charge in [-0.15, -0.1) is 0 Å². The number of anilines is 2. The molecule has 2 aromatic rings. The van der Waals surface area contributed by atoms with Crippen molar-refractivity contribution in [3.63, 3.8) is 0 Å². The highest BCUT2D eigenvalue weighted by atomic mass is 79.9. The van der Waals surface area contributed by atoms with E-state index in [2.05, 4.69) is 26.3 Å². The fourth-order valence-corrected chi connectivity index (χ4v) is 2.77. The second-order valence-electron chi connectivity index (χ2n) is 4.83. The molecule has 21 heavy (non-hydrogen) atoms. The summed E-state index contributed by atoms with van der Waals surface area (Å²) >= 11 is 3.39. The van der Waals surface area contributed by atoms with Gasteiger partial charge in [-0.3, -0.25) is 9.48 Å². The van der Waals surface area contributed by atoms with Crippen LogP contribution in [0.15, 0.2) is 22.7 Å². The van der Waals surface area contributed by atoms with E-state index in [9.17, 15) is 4.79 Å². The van der Waals surface area contributed by atoms with E-state index < -0.39 is 0 Å². The van der Waals surface area contributed by atoms with Crippen molar-refractivity contribution in [3.05, 3.63) is 39.6 Å². The van der Waals surface area contributed by atoms with Gasteiger partial charge in [0.05, 0.1) is 17.1 Å². The quantitative estimate of drug-likeness (QED) is 0.830. The molecule has 112 valence electrons. The Morgan fingerprint density at radius 2 is 2.10 bits per heavy atom. The first-order valence-corrected chi connectivity index (χ1v) is 7.69. The van der Waals surface area contributed by atoms with Gasteiger partial charge in [0.2, 0.25) is 0 Å². The van der Waals surface area contributed by atoms with E-state index in [1.165, 1.54) is 0 Å². The zero-order valence-electron chi connectivity index (χ0n) is 12.4. The van der Waals surface area contributed by atoms with E-state index in [1.807, 2.05) is 32.9 Å². The molecule has 0 spiro atoms. The van der Waals surface area contributed by atoms with Gasteiger partial charge in [-0.05, 0) is 44.0 Å². The van der Waals surface area contributed by atoms with E-state index >= 15 is 0 Å². The molecule has 0 saturated heterocycles. The average Bonchev–Trinajstić information content (AvgIpc) is 2.86. The van der Waals surface area contributed by atoms with Crippen LogP contribution in [0, 0.1) is 6.92 Å². The number of benzene rings is 1. The van der Waals surface area contributed by atoms with Crippen molar-refractivity contribution < 1.29 is 4.79 Å². The zero-order valence-corrected chi connectivity index (χ0v) is 14.0. The monoisotopic (exact) mass is 350 g/mol. The van der Waals surface area contributed by atoms with Crippen LogP contribution in [0.1, 0.15) is 35.6 Å². The van der Waals surface area contributed by atoms with Crippen molar-refractivity contribution in [3.8, 4) is 0 Å². The van der Waals surface area contributed by atoms with Gasteiger partial charge in [0, 0.05) is 11.0 Å². The standard InChI is InChI=1S/C15H19BrN4O/c1-4-11-8-13(20(5-2)19-11)15(21)18-14-9(3)6-10(16)7-12(14)17/h6-8H,4-5,17H2,1-3H3,(H,18,21). The van der Waals surface area contributed by atoms with Crippen molar-refractivity contribution in [2.45, 2.75) is 33.7 Å². The summed E-state index contributed by atoms with van der Waals surface area (Å²) in [5, 5.41) is 7.27. The molecule has 1 aromatic heterocycles. The number of nitrogen functional groups attached to an aromatic ring is 1. The molecule has 6 heteroatoms. The molecular formula is C15H19BrN4O. The van der Waals surface area contributed by atoms with Gasteiger partial charge in [0.25, 0.3) is 5.91 Å². The van der Waals surface area contributed by atoms with Gasteiger partial charge >= 0.3 is 0 Å². The second-order valence-corrected chi connectivity index (χ2v) is 5.75. The highest BCUT2D eigenvalue weighted by Crippen LogP contribution is 2.28. The smallest absolute Gasteiger partial charge is 0.274 e. The largest absolute Gasteiger partial charge is 0.397 e. The Hall–Kier alpha value is -1.82. The summed E-state index contributed by atoms with van der Waals surface area (Å²) in [6, 6.07) is 5.51. The molecule has 1 amide bonds. The lowest BCUT2D eigenvalue weighted by molar-refractivity contribution is 0.101. The number of nitrogens with one attached hydrogen (secondary N) is 1. The predicted molar refractivity (Wildman–Crippen MR) is 88.5 cm³/mol. The predicted octanol–water partition coefficient (Wildman–Crippen LogP) is 3.37. The minimum absolute atomic E-state index is 0.193. The molecule has 0 radical (unpaired) electrons. The topological polar surface area (TPSA) is 72.9 Å². The molecule has 0 atom stereocenters.